The topological polar surface area (TPSA) is 73.6 Å². The van der Waals surface area contributed by atoms with Crippen LogP contribution in [-0.4, -0.2) is 30.8 Å². The molecule has 1 aromatic rings. The van der Waals surface area contributed by atoms with Gasteiger partial charge in [-0.15, -0.1) is 0 Å². The van der Waals surface area contributed by atoms with Crippen LogP contribution >= 0.6 is 0 Å². The zero-order valence-electron chi connectivity index (χ0n) is 14.0. The summed E-state index contributed by atoms with van der Waals surface area (Å²) in [6.45, 7) is 1.28. The van der Waals surface area contributed by atoms with E-state index in [0.717, 1.165) is 25.0 Å². The molecular formula is C17H21F3N2O3. The van der Waals surface area contributed by atoms with Gasteiger partial charge in [-0.05, 0) is 25.0 Å². The molecule has 3 rings (SSSR count). The van der Waals surface area contributed by atoms with Crippen molar-refractivity contribution in [2.45, 2.75) is 44.9 Å². The minimum atomic E-state index is -3.12. The number of amides is 1. The molecule has 25 heavy (non-hydrogen) atoms. The van der Waals surface area contributed by atoms with Gasteiger partial charge in [0.15, 0.2) is 11.6 Å². The lowest BCUT2D eigenvalue weighted by Gasteiger charge is -2.65. The average molecular weight is 358 g/mol. The number of halogens is 3. The summed E-state index contributed by atoms with van der Waals surface area (Å²) in [4.78, 5) is 12.8. The van der Waals surface area contributed by atoms with E-state index in [2.05, 4.69) is 10.1 Å². The van der Waals surface area contributed by atoms with E-state index in [4.69, 9.17) is 10.5 Å². The number of rotatable bonds is 4. The van der Waals surface area contributed by atoms with Crippen molar-refractivity contribution in [1.82, 2.24) is 0 Å². The number of benzene rings is 1. The first-order chi connectivity index (χ1) is 11.7. The van der Waals surface area contributed by atoms with E-state index in [1.165, 1.54) is 6.07 Å². The van der Waals surface area contributed by atoms with E-state index in [1.54, 1.807) is 0 Å². The van der Waals surface area contributed by atoms with Gasteiger partial charge in [0, 0.05) is 29.7 Å². The average Bonchev–Trinajstić information content (AvgIpc) is 2.56. The summed E-state index contributed by atoms with van der Waals surface area (Å²) in [5.41, 5.74) is 4.86. The summed E-state index contributed by atoms with van der Waals surface area (Å²) >= 11 is 0. The van der Waals surface area contributed by atoms with Crippen molar-refractivity contribution in [3.05, 3.63) is 24.0 Å². The highest BCUT2D eigenvalue weighted by Crippen LogP contribution is 2.57. The fourth-order valence-corrected chi connectivity index (χ4v) is 4.04. The maximum absolute atomic E-state index is 13.8. The third kappa shape index (κ3) is 2.77. The molecule has 1 aromatic carbocycles. The molecule has 2 aliphatic rings. The van der Waals surface area contributed by atoms with E-state index in [1.807, 2.05) is 13.8 Å². The molecule has 3 unspecified atom stereocenters. The summed E-state index contributed by atoms with van der Waals surface area (Å²) in [5, 5.41) is 2.59. The third-order valence-corrected chi connectivity index (χ3v) is 5.47. The van der Waals surface area contributed by atoms with Crippen LogP contribution in [0.15, 0.2) is 18.2 Å². The van der Waals surface area contributed by atoms with Crippen LogP contribution in [0.1, 0.15) is 26.7 Å². The van der Waals surface area contributed by atoms with Crippen LogP contribution in [0.2, 0.25) is 0 Å². The second kappa shape index (κ2) is 6.17. The molecule has 0 bridgehead atoms. The molecular weight excluding hydrogens is 337 g/mol. The second-order valence-corrected chi connectivity index (χ2v) is 7.11. The summed E-state index contributed by atoms with van der Waals surface area (Å²) in [6, 6.07) is 3.26. The summed E-state index contributed by atoms with van der Waals surface area (Å²) < 4.78 is 48.0. The Kier molecular flexibility index (Phi) is 4.45. The van der Waals surface area contributed by atoms with Gasteiger partial charge in [0.1, 0.15) is 5.54 Å². The smallest absolute Gasteiger partial charge is 0.387 e. The number of hydrogen-bond acceptors (Lipinski definition) is 4. The van der Waals surface area contributed by atoms with Gasteiger partial charge in [0.2, 0.25) is 5.91 Å². The van der Waals surface area contributed by atoms with Crippen molar-refractivity contribution in [3.8, 4) is 5.75 Å². The third-order valence-electron chi connectivity index (χ3n) is 5.47. The van der Waals surface area contributed by atoms with Crippen molar-refractivity contribution >= 4 is 11.6 Å². The Bertz CT molecular complexity index is 683. The highest BCUT2D eigenvalue weighted by molar-refractivity contribution is 6.00. The van der Waals surface area contributed by atoms with Gasteiger partial charge in [-0.1, -0.05) is 13.8 Å². The largest absolute Gasteiger partial charge is 0.432 e. The molecule has 1 aliphatic heterocycles. The summed E-state index contributed by atoms with van der Waals surface area (Å²) in [5.74, 6) is -2.12. The van der Waals surface area contributed by atoms with Gasteiger partial charge in [0.05, 0.1) is 6.10 Å². The number of carbonyl (C=O) groups is 1. The van der Waals surface area contributed by atoms with Crippen molar-refractivity contribution in [3.63, 3.8) is 0 Å². The first-order valence-corrected chi connectivity index (χ1v) is 8.14. The molecule has 0 spiro atoms. The number of carbonyl (C=O) groups excluding carboxylic acids is 1. The highest BCUT2D eigenvalue weighted by Gasteiger charge is 2.70. The van der Waals surface area contributed by atoms with E-state index >= 15 is 0 Å². The normalized spacial score (nSPS) is 30.4. The minimum Gasteiger partial charge on any atom is -0.432 e. The lowest BCUT2D eigenvalue weighted by atomic mass is 9.46. The molecule has 0 aromatic heterocycles. The molecule has 8 heteroatoms. The van der Waals surface area contributed by atoms with Crippen molar-refractivity contribution < 1.29 is 27.4 Å². The Balaban J connectivity index is 1.77. The molecule has 1 aliphatic carbocycles. The van der Waals surface area contributed by atoms with Crippen LogP contribution < -0.4 is 15.8 Å². The highest BCUT2D eigenvalue weighted by atomic mass is 19.3. The van der Waals surface area contributed by atoms with Gasteiger partial charge in [-0.2, -0.15) is 8.78 Å². The van der Waals surface area contributed by atoms with E-state index < -0.39 is 35.0 Å². The van der Waals surface area contributed by atoms with Crippen LogP contribution in [-0.2, 0) is 9.53 Å². The van der Waals surface area contributed by atoms with E-state index in [0.29, 0.717) is 6.61 Å². The monoisotopic (exact) mass is 358 g/mol. The molecule has 3 N–H and O–H groups in total. The molecule has 5 nitrogen and oxygen atoms in total. The first-order valence-electron chi connectivity index (χ1n) is 8.14. The number of nitrogens with one attached hydrogen (secondary N) is 1. The summed E-state index contributed by atoms with van der Waals surface area (Å²) in [7, 11) is 0. The lowest BCUT2D eigenvalue weighted by molar-refractivity contribution is -0.222. The lowest BCUT2D eigenvalue weighted by Crippen LogP contribution is -2.81. The Morgan fingerprint density at radius 3 is 2.80 bits per heavy atom. The van der Waals surface area contributed by atoms with Gasteiger partial charge < -0.3 is 20.5 Å². The molecule has 2 fully saturated rings. The Hall–Kier alpha value is -1.80. The van der Waals surface area contributed by atoms with Gasteiger partial charge in [-0.25, -0.2) is 4.39 Å². The number of hydrogen-bond donors (Lipinski definition) is 2. The minimum absolute atomic E-state index is 0.0875. The van der Waals surface area contributed by atoms with E-state index in [9.17, 15) is 18.0 Å². The maximum Gasteiger partial charge on any atom is 0.387 e. The standard InChI is InChI=1S/C17H21F3N2O3/c1-16(2)13-10(4-3-7-24-13)17(16,21)14(23)22-9-5-6-12(11(18)8-9)25-15(19)20/h5-6,8,10,13,15H,3-4,7,21H2,1-2H3,(H,22,23). The molecule has 3 atom stereocenters. The number of nitrogens with two attached hydrogens (primary N) is 1. The zero-order chi connectivity index (χ0) is 18.4. The molecule has 138 valence electrons. The van der Waals surface area contributed by atoms with Gasteiger partial charge in [0.25, 0.3) is 0 Å². The fourth-order valence-electron chi connectivity index (χ4n) is 4.04. The zero-order valence-corrected chi connectivity index (χ0v) is 14.0. The van der Waals surface area contributed by atoms with Crippen LogP contribution in [0.5, 0.6) is 5.75 Å². The molecule has 1 heterocycles. The Labute approximate surface area is 143 Å². The predicted molar refractivity (Wildman–Crippen MR) is 84.8 cm³/mol. The number of anilines is 1. The van der Waals surface area contributed by atoms with Gasteiger partial charge >= 0.3 is 6.61 Å². The van der Waals surface area contributed by atoms with E-state index in [-0.39, 0.29) is 17.7 Å². The van der Waals surface area contributed by atoms with Gasteiger partial charge in [-0.3, -0.25) is 4.79 Å². The van der Waals surface area contributed by atoms with Crippen molar-refractivity contribution in [2.24, 2.45) is 17.1 Å². The van der Waals surface area contributed by atoms with Crippen LogP contribution in [0.3, 0.4) is 0 Å². The second-order valence-electron chi connectivity index (χ2n) is 7.11. The summed E-state index contributed by atoms with van der Waals surface area (Å²) in [6.07, 6.45) is 1.53. The first kappa shape index (κ1) is 18.0. The fraction of sp³-hybridized carbons (Fsp3) is 0.588. The van der Waals surface area contributed by atoms with Crippen LogP contribution in [0.25, 0.3) is 0 Å². The molecule has 1 saturated carbocycles. The molecule has 1 amide bonds. The Morgan fingerprint density at radius 2 is 2.16 bits per heavy atom. The Morgan fingerprint density at radius 1 is 1.44 bits per heavy atom. The van der Waals surface area contributed by atoms with Crippen LogP contribution in [0.4, 0.5) is 18.9 Å². The SMILES string of the molecule is CC1(C)C2OCCCC2C1(N)C(=O)Nc1ccc(OC(F)F)c(F)c1. The number of ether oxygens (including phenoxy) is 2. The maximum atomic E-state index is 13.8. The van der Waals surface area contributed by atoms with Crippen molar-refractivity contribution in [1.29, 1.82) is 0 Å². The van der Waals surface area contributed by atoms with Crippen LogP contribution in [0, 0.1) is 17.2 Å². The number of fused-ring (bicyclic) bond motifs is 1. The van der Waals surface area contributed by atoms with Crippen molar-refractivity contribution in [2.75, 3.05) is 11.9 Å². The number of alkyl halides is 2. The predicted octanol–water partition coefficient (Wildman–Crippen LogP) is 2.90. The molecule has 0 radical (unpaired) electrons. The quantitative estimate of drug-likeness (QED) is 0.868. The molecule has 1 saturated heterocycles.